The summed E-state index contributed by atoms with van der Waals surface area (Å²) < 4.78 is 41.5. The van der Waals surface area contributed by atoms with Gasteiger partial charge in [0.05, 0.1) is 17.6 Å². The molecule has 2 atom stereocenters. The highest BCUT2D eigenvalue weighted by Gasteiger charge is 2.36. The number of aromatic nitrogens is 7. The molecule has 0 radical (unpaired) electrons. The minimum atomic E-state index is -3.78. The summed E-state index contributed by atoms with van der Waals surface area (Å²) >= 11 is 0. The minimum absolute atomic E-state index is 0.0393. The van der Waals surface area contributed by atoms with Gasteiger partial charge in [-0.1, -0.05) is 18.2 Å². The van der Waals surface area contributed by atoms with Crippen LogP contribution in [0.2, 0.25) is 0 Å². The minimum Gasteiger partial charge on any atom is -0.382 e. The molecular weight excluding hydrogens is 549 g/mol. The van der Waals surface area contributed by atoms with E-state index in [9.17, 15) is 17.6 Å². The number of fused-ring (bicyclic) bond motifs is 1. The van der Waals surface area contributed by atoms with Crippen LogP contribution in [-0.2, 0) is 9.84 Å². The summed E-state index contributed by atoms with van der Waals surface area (Å²) in [5.41, 5.74) is 9.25. The summed E-state index contributed by atoms with van der Waals surface area (Å²) in [5, 5.41) is 11.8. The number of anilines is 1. The number of aromatic amines is 1. The summed E-state index contributed by atoms with van der Waals surface area (Å²) in [6.45, 7) is 2.27. The smallest absolute Gasteiger partial charge is 0.291 e. The second-order valence-electron chi connectivity index (χ2n) is 10.1. The number of nitrogens with zero attached hydrogens (tertiary/aromatic N) is 7. The van der Waals surface area contributed by atoms with E-state index in [0.29, 0.717) is 53.1 Å². The predicted molar refractivity (Wildman–Crippen MR) is 148 cm³/mol. The van der Waals surface area contributed by atoms with Gasteiger partial charge in [0.1, 0.15) is 22.9 Å². The second kappa shape index (κ2) is 10.0. The standard InChI is InChI=1S/C27H26FN9O3S/c1-15-11-16(9-10-36(15)27(38)25-31-14-32-35-25)22-23(41(2,39)40)24(29)37-26(34-22)19(13-33-37)17-7-8-21(30-12-17)18-5-3-4-6-20(18)28/h3-8,12-16H,9-11,29H2,1-2H3,(H,31,32,35)/t15-,16+/m0/s1. The van der Waals surface area contributed by atoms with Crippen molar-refractivity contribution < 1.29 is 17.6 Å². The van der Waals surface area contributed by atoms with E-state index in [2.05, 4.69) is 25.3 Å². The van der Waals surface area contributed by atoms with Crippen molar-refractivity contribution in [3.05, 3.63) is 72.5 Å². The molecule has 0 bridgehead atoms. The Kier molecular flexibility index (Phi) is 6.49. The van der Waals surface area contributed by atoms with E-state index in [1.54, 1.807) is 47.6 Å². The van der Waals surface area contributed by atoms with Crippen LogP contribution in [0.1, 0.15) is 42.0 Å². The number of hydrogen-bond donors (Lipinski definition) is 2. The Hall–Kier alpha value is -4.72. The Morgan fingerprint density at radius 1 is 1.15 bits per heavy atom. The maximum Gasteiger partial charge on any atom is 0.291 e. The number of sulfone groups is 1. The van der Waals surface area contributed by atoms with Gasteiger partial charge in [-0.15, -0.1) is 10.2 Å². The van der Waals surface area contributed by atoms with Crippen LogP contribution in [0, 0.1) is 5.82 Å². The number of nitrogens with two attached hydrogens (primary N) is 1. The van der Waals surface area contributed by atoms with Gasteiger partial charge in [-0.25, -0.2) is 17.8 Å². The summed E-state index contributed by atoms with van der Waals surface area (Å²) in [6.07, 6.45) is 6.52. The van der Waals surface area contributed by atoms with Gasteiger partial charge in [0.15, 0.2) is 15.5 Å². The fourth-order valence-corrected chi connectivity index (χ4v) is 6.49. The van der Waals surface area contributed by atoms with Crippen molar-refractivity contribution in [2.45, 2.75) is 36.6 Å². The summed E-state index contributed by atoms with van der Waals surface area (Å²) in [4.78, 5) is 26.5. The first kappa shape index (κ1) is 26.5. The highest BCUT2D eigenvalue weighted by molar-refractivity contribution is 7.91. The SMILES string of the molecule is C[C@H]1C[C@H](c2nc3c(-c4ccc(-c5ccccc5F)nc4)cnn3c(N)c2S(C)(=O)=O)CCN1C(=O)c1nnc[nH]1. The quantitative estimate of drug-likeness (QED) is 0.320. The number of rotatable bonds is 5. The fraction of sp³-hybridized carbons (Fsp3) is 0.259. The number of nitrogen functional groups attached to an aromatic ring is 1. The molecule has 41 heavy (non-hydrogen) atoms. The molecule has 0 unspecified atom stereocenters. The van der Waals surface area contributed by atoms with Gasteiger partial charge in [-0.2, -0.15) is 9.61 Å². The molecule has 12 nitrogen and oxygen atoms in total. The zero-order valence-corrected chi connectivity index (χ0v) is 23.0. The number of likely N-dealkylation sites (tertiary alicyclic amines) is 1. The van der Waals surface area contributed by atoms with Crippen molar-refractivity contribution in [1.82, 2.24) is 39.7 Å². The molecule has 1 aliphatic heterocycles. The van der Waals surface area contributed by atoms with Gasteiger partial charge in [-0.05, 0) is 38.0 Å². The Morgan fingerprint density at radius 2 is 1.95 bits per heavy atom. The van der Waals surface area contributed by atoms with Crippen LogP contribution in [0.5, 0.6) is 0 Å². The maximum atomic E-state index is 14.3. The third-order valence-corrected chi connectivity index (χ3v) is 8.56. The van der Waals surface area contributed by atoms with Crippen LogP contribution < -0.4 is 5.73 Å². The molecule has 1 fully saturated rings. The highest BCUT2D eigenvalue weighted by Crippen LogP contribution is 2.38. The third-order valence-electron chi connectivity index (χ3n) is 7.40. The molecule has 4 aromatic heterocycles. The molecule has 0 spiro atoms. The van der Waals surface area contributed by atoms with Crippen molar-refractivity contribution in [3.8, 4) is 22.4 Å². The highest BCUT2D eigenvalue weighted by atomic mass is 32.2. The van der Waals surface area contributed by atoms with E-state index in [1.165, 1.54) is 16.9 Å². The van der Waals surface area contributed by atoms with Crippen molar-refractivity contribution >= 4 is 27.2 Å². The lowest BCUT2D eigenvalue weighted by Gasteiger charge is -2.37. The summed E-state index contributed by atoms with van der Waals surface area (Å²) in [5.74, 6) is -0.829. The summed E-state index contributed by atoms with van der Waals surface area (Å²) in [6, 6.07) is 9.64. The zero-order chi connectivity index (χ0) is 28.9. The number of nitrogens with one attached hydrogen (secondary N) is 1. The van der Waals surface area contributed by atoms with Crippen molar-refractivity contribution in [3.63, 3.8) is 0 Å². The molecule has 1 aliphatic rings. The van der Waals surface area contributed by atoms with E-state index < -0.39 is 9.84 Å². The van der Waals surface area contributed by atoms with Crippen LogP contribution in [0.4, 0.5) is 10.2 Å². The van der Waals surface area contributed by atoms with Crippen molar-refractivity contribution in [2.24, 2.45) is 0 Å². The van der Waals surface area contributed by atoms with E-state index in [4.69, 9.17) is 10.7 Å². The van der Waals surface area contributed by atoms with Gasteiger partial charge in [0.25, 0.3) is 5.91 Å². The number of hydrogen-bond acceptors (Lipinski definition) is 9. The number of pyridine rings is 1. The van der Waals surface area contributed by atoms with Gasteiger partial charge >= 0.3 is 0 Å². The van der Waals surface area contributed by atoms with Gasteiger partial charge in [-0.3, -0.25) is 9.78 Å². The maximum absolute atomic E-state index is 14.3. The van der Waals surface area contributed by atoms with E-state index in [1.807, 2.05) is 6.92 Å². The lowest BCUT2D eigenvalue weighted by Crippen LogP contribution is -2.44. The molecule has 6 rings (SSSR count). The largest absolute Gasteiger partial charge is 0.382 e. The monoisotopic (exact) mass is 575 g/mol. The first-order chi connectivity index (χ1) is 19.6. The van der Waals surface area contributed by atoms with Crippen LogP contribution in [0.15, 0.2) is 60.0 Å². The van der Waals surface area contributed by atoms with Crippen LogP contribution in [0.3, 0.4) is 0 Å². The first-order valence-electron chi connectivity index (χ1n) is 12.9. The van der Waals surface area contributed by atoms with Crippen molar-refractivity contribution in [1.29, 1.82) is 0 Å². The normalized spacial score (nSPS) is 17.7. The number of carbonyl (C=O) groups is 1. The topological polar surface area (TPSA) is 165 Å². The Labute approximate surface area is 234 Å². The Morgan fingerprint density at radius 3 is 2.61 bits per heavy atom. The Balaban J connectivity index is 1.39. The summed E-state index contributed by atoms with van der Waals surface area (Å²) in [7, 11) is -3.78. The number of amides is 1. The molecule has 0 aliphatic carbocycles. The van der Waals surface area contributed by atoms with Crippen molar-refractivity contribution in [2.75, 3.05) is 18.5 Å². The van der Waals surface area contributed by atoms with Gasteiger partial charge < -0.3 is 15.6 Å². The van der Waals surface area contributed by atoms with E-state index in [-0.39, 0.29) is 40.2 Å². The third kappa shape index (κ3) is 4.69. The van der Waals surface area contributed by atoms with Crippen LogP contribution >= 0.6 is 0 Å². The predicted octanol–water partition coefficient (Wildman–Crippen LogP) is 3.11. The average Bonchev–Trinajstić information content (AvgIpc) is 3.63. The number of halogens is 1. The molecule has 5 heterocycles. The molecule has 1 saturated heterocycles. The average molecular weight is 576 g/mol. The molecule has 3 N–H and O–H groups in total. The Bertz CT molecular complexity index is 1870. The molecule has 1 amide bonds. The van der Waals surface area contributed by atoms with Crippen LogP contribution in [0.25, 0.3) is 28.0 Å². The lowest BCUT2D eigenvalue weighted by molar-refractivity contribution is 0.0601. The molecule has 1 aromatic carbocycles. The zero-order valence-electron chi connectivity index (χ0n) is 22.2. The second-order valence-corrected chi connectivity index (χ2v) is 12.0. The van der Waals surface area contributed by atoms with E-state index in [0.717, 1.165) is 6.26 Å². The number of H-pyrrole nitrogens is 1. The number of carbonyl (C=O) groups excluding carboxylic acids is 1. The first-order valence-corrected chi connectivity index (χ1v) is 14.8. The fourth-order valence-electron chi connectivity index (χ4n) is 5.43. The number of benzene rings is 1. The van der Waals surface area contributed by atoms with Crippen LogP contribution in [-0.4, -0.2) is 72.8 Å². The lowest BCUT2D eigenvalue weighted by atomic mass is 9.88. The molecule has 14 heteroatoms. The van der Waals surface area contributed by atoms with E-state index >= 15 is 0 Å². The molecular formula is C27H26FN9O3S. The molecule has 5 aromatic rings. The van der Waals surface area contributed by atoms with Gasteiger partial charge in [0, 0.05) is 47.6 Å². The molecule has 0 saturated carbocycles. The number of piperidine rings is 1. The van der Waals surface area contributed by atoms with Gasteiger partial charge in [0.2, 0.25) is 5.82 Å². The molecule has 210 valence electrons.